The number of fused-ring (bicyclic) bond motifs is 8. The minimum absolute atomic E-state index is 0.177. The lowest BCUT2D eigenvalue weighted by Gasteiger charge is -2.33. The lowest BCUT2D eigenvalue weighted by Crippen LogP contribution is -2.26. The summed E-state index contributed by atoms with van der Waals surface area (Å²) in [5, 5.41) is 3.15. The van der Waals surface area contributed by atoms with Gasteiger partial charge in [0.1, 0.15) is 0 Å². The molecule has 286 valence electrons. The molecule has 1 atom stereocenters. The molecule has 4 nitrogen and oxygen atoms in total. The van der Waals surface area contributed by atoms with E-state index in [1.165, 1.54) is 49.7 Å². The second-order valence-electron chi connectivity index (χ2n) is 17.0. The van der Waals surface area contributed by atoms with Gasteiger partial charge in [-0.15, -0.1) is 0 Å². The third-order valence-electron chi connectivity index (χ3n) is 13.3. The van der Waals surface area contributed by atoms with E-state index in [1.54, 1.807) is 0 Å². The standard InChI is InChI=1S/C54H44N3OP/c1-7-39-41-31-43-44-32-42-40-26-18-19-27-46(40)54(5,6)48(42)34-51(44)55(50(43)33-47(41)53(3,4)45(39)8-2)37-28-29-49-52(30-37)57(36-22-14-10-15-23-36)59(58,38-24-16-11-17-25-38)56(49)35-20-12-9-13-21-35/h7-34H,1-2H2,3-6H3. The molecule has 0 saturated carbocycles. The van der Waals surface area contributed by atoms with E-state index in [-0.39, 0.29) is 10.8 Å². The molecule has 2 aliphatic carbocycles. The molecule has 1 unspecified atom stereocenters. The quantitative estimate of drug-likeness (QED) is 0.157. The highest BCUT2D eigenvalue weighted by Gasteiger charge is 2.49. The molecule has 0 radical (unpaired) electrons. The van der Waals surface area contributed by atoms with Gasteiger partial charge in [0.15, 0.2) is 0 Å². The zero-order chi connectivity index (χ0) is 40.4. The van der Waals surface area contributed by atoms with Crippen LogP contribution in [0.15, 0.2) is 189 Å². The number of benzene rings is 7. The van der Waals surface area contributed by atoms with Crippen molar-refractivity contribution in [3.05, 3.63) is 211 Å². The maximum Gasteiger partial charge on any atom is 0.301 e. The van der Waals surface area contributed by atoms with Gasteiger partial charge in [0.25, 0.3) is 0 Å². The molecule has 2 heterocycles. The smallest absolute Gasteiger partial charge is 0.301 e. The second kappa shape index (κ2) is 12.4. The summed E-state index contributed by atoms with van der Waals surface area (Å²) < 4.78 is 23.0. The van der Waals surface area contributed by atoms with Gasteiger partial charge < -0.3 is 4.57 Å². The first-order valence-electron chi connectivity index (χ1n) is 20.4. The third-order valence-corrected chi connectivity index (χ3v) is 16.2. The molecule has 1 aromatic heterocycles. The molecule has 11 rings (SSSR count). The topological polar surface area (TPSA) is 28.5 Å². The fourth-order valence-electron chi connectivity index (χ4n) is 10.4. The van der Waals surface area contributed by atoms with Crippen LogP contribution in [0.5, 0.6) is 0 Å². The van der Waals surface area contributed by atoms with E-state index in [4.69, 9.17) is 0 Å². The average Bonchev–Trinajstić information content (AvgIpc) is 3.88. The molecule has 8 aromatic rings. The Balaban J connectivity index is 1.24. The van der Waals surface area contributed by atoms with Gasteiger partial charge in [-0.05, 0) is 123 Å². The molecule has 0 N–H and O–H groups in total. The Morgan fingerprint density at radius 3 is 1.64 bits per heavy atom. The number of para-hydroxylation sites is 2. The maximum atomic E-state index is 16.4. The summed E-state index contributed by atoms with van der Waals surface area (Å²) >= 11 is 0. The van der Waals surface area contributed by atoms with Gasteiger partial charge in [-0.2, -0.15) is 0 Å². The highest BCUT2D eigenvalue weighted by molar-refractivity contribution is 7.76. The van der Waals surface area contributed by atoms with Crippen LogP contribution in [0.25, 0.3) is 44.2 Å². The molecule has 59 heavy (non-hydrogen) atoms. The molecule has 0 saturated heterocycles. The monoisotopic (exact) mass is 781 g/mol. The first-order valence-corrected chi connectivity index (χ1v) is 22.0. The summed E-state index contributed by atoms with van der Waals surface area (Å²) in [5.74, 6) is 0. The van der Waals surface area contributed by atoms with Gasteiger partial charge in [0.2, 0.25) is 0 Å². The fraction of sp³-hybridized carbons (Fsp3) is 0.111. The number of anilines is 4. The molecule has 3 aliphatic rings. The molecule has 5 heteroatoms. The van der Waals surface area contributed by atoms with E-state index in [0.717, 1.165) is 50.3 Å². The van der Waals surface area contributed by atoms with Crippen molar-refractivity contribution < 1.29 is 4.57 Å². The fourth-order valence-corrected chi connectivity index (χ4v) is 13.5. The van der Waals surface area contributed by atoms with Crippen molar-refractivity contribution in [3.63, 3.8) is 0 Å². The van der Waals surface area contributed by atoms with E-state index < -0.39 is 7.44 Å². The predicted molar refractivity (Wildman–Crippen MR) is 250 cm³/mol. The maximum absolute atomic E-state index is 16.4. The molecular weight excluding hydrogens is 738 g/mol. The molecule has 0 fully saturated rings. The van der Waals surface area contributed by atoms with E-state index in [1.807, 2.05) is 78.9 Å². The van der Waals surface area contributed by atoms with Crippen LogP contribution < -0.4 is 14.6 Å². The van der Waals surface area contributed by atoms with Crippen LogP contribution in [0.4, 0.5) is 22.7 Å². The summed E-state index contributed by atoms with van der Waals surface area (Å²) in [7, 11) is -3.54. The van der Waals surface area contributed by atoms with Crippen LogP contribution in [-0.2, 0) is 15.4 Å². The minimum atomic E-state index is -3.54. The molecule has 7 aromatic carbocycles. The normalized spacial score (nSPS) is 18.2. The largest absolute Gasteiger partial charge is 0.309 e. The van der Waals surface area contributed by atoms with Crippen molar-refractivity contribution >= 4 is 62.9 Å². The summed E-state index contributed by atoms with van der Waals surface area (Å²) in [6, 6.07) is 55.5. The van der Waals surface area contributed by atoms with Crippen molar-refractivity contribution in [2.24, 2.45) is 0 Å². The first kappa shape index (κ1) is 35.5. The van der Waals surface area contributed by atoms with Crippen LogP contribution in [-0.4, -0.2) is 4.57 Å². The van der Waals surface area contributed by atoms with Gasteiger partial charge >= 0.3 is 7.44 Å². The number of hydrogen-bond donors (Lipinski definition) is 0. The number of aromatic nitrogens is 1. The Labute approximate surface area is 346 Å². The van der Waals surface area contributed by atoms with Gasteiger partial charge in [-0.1, -0.05) is 132 Å². The lowest BCUT2D eigenvalue weighted by molar-refractivity contribution is 0.582. The predicted octanol–water partition coefficient (Wildman–Crippen LogP) is 14.3. The van der Waals surface area contributed by atoms with Crippen molar-refractivity contribution in [2.75, 3.05) is 9.34 Å². The summed E-state index contributed by atoms with van der Waals surface area (Å²) in [5.41, 5.74) is 16.4. The molecule has 1 aliphatic heterocycles. The molecule has 0 amide bonds. The Bertz CT molecular complexity index is 3170. The van der Waals surface area contributed by atoms with E-state index >= 15 is 4.57 Å². The molecular formula is C54H44N3OP. The lowest BCUT2D eigenvalue weighted by atomic mass is 9.81. The van der Waals surface area contributed by atoms with Crippen LogP contribution in [0, 0.1) is 0 Å². The number of allylic oxidation sites excluding steroid dienone is 4. The zero-order valence-corrected chi connectivity index (χ0v) is 34.7. The van der Waals surface area contributed by atoms with Crippen molar-refractivity contribution in [1.82, 2.24) is 4.57 Å². The van der Waals surface area contributed by atoms with E-state index in [0.29, 0.717) is 0 Å². The summed E-state index contributed by atoms with van der Waals surface area (Å²) in [4.78, 5) is 0. The minimum Gasteiger partial charge on any atom is -0.309 e. The van der Waals surface area contributed by atoms with Crippen LogP contribution in [0.1, 0.15) is 49.9 Å². The number of rotatable bonds is 6. The Morgan fingerprint density at radius 2 is 1.03 bits per heavy atom. The van der Waals surface area contributed by atoms with Crippen molar-refractivity contribution in [1.29, 1.82) is 0 Å². The van der Waals surface area contributed by atoms with Crippen molar-refractivity contribution in [3.8, 4) is 16.8 Å². The first-order chi connectivity index (χ1) is 28.6. The van der Waals surface area contributed by atoms with Gasteiger partial charge in [-0.25, -0.2) is 0 Å². The Hall–Kier alpha value is -6.61. The van der Waals surface area contributed by atoms with E-state index in [2.05, 4.69) is 146 Å². The number of hydrogen-bond acceptors (Lipinski definition) is 1. The van der Waals surface area contributed by atoms with Gasteiger partial charge in [0, 0.05) is 38.7 Å². The van der Waals surface area contributed by atoms with Crippen LogP contribution >= 0.6 is 7.44 Å². The zero-order valence-electron chi connectivity index (χ0n) is 33.8. The van der Waals surface area contributed by atoms with E-state index in [9.17, 15) is 0 Å². The van der Waals surface area contributed by atoms with Gasteiger partial charge in [0.05, 0.1) is 27.7 Å². The van der Waals surface area contributed by atoms with Crippen LogP contribution in [0.3, 0.4) is 0 Å². The van der Waals surface area contributed by atoms with Crippen molar-refractivity contribution in [2.45, 2.75) is 38.5 Å². The Kier molecular flexibility index (Phi) is 7.50. The highest BCUT2D eigenvalue weighted by Crippen LogP contribution is 2.70. The summed E-state index contributed by atoms with van der Waals surface area (Å²) in [6.45, 7) is 17.8. The molecule has 0 bridgehead atoms. The second-order valence-corrected chi connectivity index (χ2v) is 19.4. The highest BCUT2D eigenvalue weighted by atomic mass is 31.2. The SMILES string of the molecule is C=CC1=C(C=C)C(C)(C)c2cc3c(cc21)c1cc2c(cc1n3-c1ccc3c(c1)N(c1ccccc1)P(=O)(c1ccccc1)N3c1ccccc1)C(C)(C)c1ccccc1-2. The average molecular weight is 782 g/mol. The summed E-state index contributed by atoms with van der Waals surface area (Å²) in [6.07, 6.45) is 4.00. The molecule has 0 spiro atoms. The Morgan fingerprint density at radius 1 is 0.492 bits per heavy atom. The van der Waals surface area contributed by atoms with Gasteiger partial charge in [-0.3, -0.25) is 13.9 Å². The third kappa shape index (κ3) is 4.70. The number of nitrogens with zero attached hydrogens (tertiary/aromatic N) is 3. The van der Waals surface area contributed by atoms with Crippen LogP contribution in [0.2, 0.25) is 0 Å².